The Morgan fingerprint density at radius 1 is 1.22 bits per heavy atom. The van der Waals surface area contributed by atoms with Gasteiger partial charge in [0.25, 0.3) is 0 Å². The number of carboxylic acid groups (broad SMARTS) is 1. The van der Waals surface area contributed by atoms with Gasteiger partial charge in [-0.3, -0.25) is 0 Å². The van der Waals surface area contributed by atoms with Gasteiger partial charge in [-0.25, -0.2) is 4.79 Å². The molecule has 1 aliphatic rings. The van der Waals surface area contributed by atoms with E-state index >= 15 is 0 Å². The molecule has 0 bridgehead atoms. The Labute approximate surface area is 107 Å². The number of carbonyl (C=O) groups is 1. The van der Waals surface area contributed by atoms with Crippen molar-refractivity contribution in [3.05, 3.63) is 24.3 Å². The van der Waals surface area contributed by atoms with Crippen LogP contribution in [0.1, 0.15) is 32.1 Å². The first-order valence-electron chi connectivity index (χ1n) is 6.32. The van der Waals surface area contributed by atoms with Crippen molar-refractivity contribution in [3.63, 3.8) is 0 Å². The van der Waals surface area contributed by atoms with E-state index in [1.807, 2.05) is 24.3 Å². The van der Waals surface area contributed by atoms with Gasteiger partial charge in [-0.05, 0) is 37.1 Å². The zero-order valence-electron chi connectivity index (χ0n) is 10.6. The normalized spacial score (nSPS) is 18.1. The van der Waals surface area contributed by atoms with Crippen molar-refractivity contribution in [2.75, 3.05) is 12.4 Å². The SMILES string of the molecule is COc1ccc(NC2(C(=O)O)CCCCC2)cc1. The van der Waals surface area contributed by atoms with Crippen molar-refractivity contribution in [1.82, 2.24) is 0 Å². The highest BCUT2D eigenvalue weighted by Crippen LogP contribution is 2.32. The number of aliphatic carboxylic acids is 1. The van der Waals surface area contributed by atoms with Crippen LogP contribution in [-0.4, -0.2) is 23.7 Å². The lowest BCUT2D eigenvalue weighted by molar-refractivity contribution is -0.143. The largest absolute Gasteiger partial charge is 0.497 e. The lowest BCUT2D eigenvalue weighted by Gasteiger charge is -2.34. The minimum absolute atomic E-state index is 0.689. The topological polar surface area (TPSA) is 58.6 Å². The summed E-state index contributed by atoms with van der Waals surface area (Å²) in [5.74, 6) is 0.0200. The molecule has 0 aromatic heterocycles. The number of ether oxygens (including phenoxy) is 1. The first kappa shape index (κ1) is 12.7. The van der Waals surface area contributed by atoms with E-state index in [1.54, 1.807) is 7.11 Å². The Hall–Kier alpha value is -1.71. The first-order valence-corrected chi connectivity index (χ1v) is 6.32. The molecule has 4 heteroatoms. The molecule has 18 heavy (non-hydrogen) atoms. The lowest BCUT2D eigenvalue weighted by atomic mass is 9.81. The Morgan fingerprint density at radius 2 is 1.83 bits per heavy atom. The quantitative estimate of drug-likeness (QED) is 0.861. The zero-order chi connectivity index (χ0) is 13.0. The van der Waals surface area contributed by atoms with Crippen molar-refractivity contribution >= 4 is 11.7 Å². The standard InChI is InChI=1S/C14H19NO3/c1-18-12-7-5-11(6-8-12)15-14(13(16)17)9-3-2-4-10-14/h5-8,15H,2-4,9-10H2,1H3,(H,16,17). The molecule has 1 fully saturated rings. The summed E-state index contributed by atoms with van der Waals surface area (Å²) in [7, 11) is 1.61. The van der Waals surface area contributed by atoms with Gasteiger partial charge in [0.1, 0.15) is 11.3 Å². The lowest BCUT2D eigenvalue weighted by Crippen LogP contribution is -2.47. The van der Waals surface area contributed by atoms with Crippen LogP contribution in [0.15, 0.2) is 24.3 Å². The van der Waals surface area contributed by atoms with Gasteiger partial charge in [0.05, 0.1) is 7.11 Å². The average Bonchev–Trinajstić information content (AvgIpc) is 2.40. The fourth-order valence-electron chi connectivity index (χ4n) is 2.50. The summed E-state index contributed by atoms with van der Waals surface area (Å²) in [6.45, 7) is 0. The van der Waals surface area contributed by atoms with Crippen LogP contribution in [0.4, 0.5) is 5.69 Å². The number of rotatable bonds is 4. The molecule has 2 N–H and O–H groups in total. The molecule has 2 rings (SSSR count). The van der Waals surface area contributed by atoms with Gasteiger partial charge in [-0.1, -0.05) is 19.3 Å². The van der Waals surface area contributed by atoms with Crippen LogP contribution in [-0.2, 0) is 4.79 Å². The van der Waals surface area contributed by atoms with Crippen LogP contribution < -0.4 is 10.1 Å². The van der Waals surface area contributed by atoms with Crippen LogP contribution >= 0.6 is 0 Å². The second kappa shape index (κ2) is 5.29. The summed E-state index contributed by atoms with van der Waals surface area (Å²) in [6, 6.07) is 7.39. The van der Waals surface area contributed by atoms with Gasteiger partial charge < -0.3 is 15.2 Å². The van der Waals surface area contributed by atoms with Gasteiger partial charge in [0, 0.05) is 5.69 Å². The number of nitrogens with one attached hydrogen (secondary N) is 1. The molecule has 0 amide bonds. The maximum atomic E-state index is 11.5. The third kappa shape index (κ3) is 2.58. The minimum Gasteiger partial charge on any atom is -0.497 e. The average molecular weight is 249 g/mol. The Kier molecular flexibility index (Phi) is 3.75. The second-order valence-corrected chi connectivity index (χ2v) is 4.80. The van der Waals surface area contributed by atoms with Crippen LogP contribution in [0, 0.1) is 0 Å². The number of carboxylic acids is 1. The molecule has 1 aromatic rings. The van der Waals surface area contributed by atoms with Crippen molar-refractivity contribution in [3.8, 4) is 5.75 Å². The van der Waals surface area contributed by atoms with E-state index in [2.05, 4.69) is 5.32 Å². The number of benzene rings is 1. The van der Waals surface area contributed by atoms with E-state index in [4.69, 9.17) is 4.74 Å². The summed E-state index contributed by atoms with van der Waals surface area (Å²) in [5.41, 5.74) is 0.0347. The summed E-state index contributed by atoms with van der Waals surface area (Å²) in [4.78, 5) is 11.5. The van der Waals surface area contributed by atoms with Crippen molar-refractivity contribution in [1.29, 1.82) is 0 Å². The molecule has 0 saturated heterocycles. The van der Waals surface area contributed by atoms with Crippen LogP contribution in [0.2, 0.25) is 0 Å². The minimum atomic E-state index is -0.799. The van der Waals surface area contributed by atoms with E-state index in [9.17, 15) is 9.90 Å². The summed E-state index contributed by atoms with van der Waals surface area (Å²) in [5, 5.41) is 12.7. The number of hydrogen-bond acceptors (Lipinski definition) is 3. The smallest absolute Gasteiger partial charge is 0.329 e. The van der Waals surface area contributed by atoms with E-state index in [-0.39, 0.29) is 0 Å². The predicted molar refractivity (Wildman–Crippen MR) is 70.1 cm³/mol. The van der Waals surface area contributed by atoms with E-state index in [1.165, 1.54) is 0 Å². The molecule has 1 saturated carbocycles. The van der Waals surface area contributed by atoms with Gasteiger partial charge in [0.2, 0.25) is 0 Å². The van der Waals surface area contributed by atoms with Crippen LogP contribution in [0.25, 0.3) is 0 Å². The monoisotopic (exact) mass is 249 g/mol. The molecule has 0 unspecified atom stereocenters. The molecule has 1 aliphatic carbocycles. The predicted octanol–water partition coefficient (Wildman–Crippen LogP) is 2.89. The number of anilines is 1. The number of hydrogen-bond donors (Lipinski definition) is 2. The Balaban J connectivity index is 2.15. The fraction of sp³-hybridized carbons (Fsp3) is 0.500. The molecule has 0 radical (unpaired) electrons. The van der Waals surface area contributed by atoms with Crippen LogP contribution in [0.3, 0.4) is 0 Å². The summed E-state index contributed by atoms with van der Waals surface area (Å²) >= 11 is 0. The molecule has 0 heterocycles. The third-order valence-corrected chi connectivity index (χ3v) is 3.59. The van der Waals surface area contributed by atoms with Crippen molar-refractivity contribution in [2.24, 2.45) is 0 Å². The van der Waals surface area contributed by atoms with Crippen LogP contribution in [0.5, 0.6) is 5.75 Å². The highest BCUT2D eigenvalue weighted by Gasteiger charge is 2.39. The molecule has 4 nitrogen and oxygen atoms in total. The van der Waals surface area contributed by atoms with Gasteiger partial charge >= 0.3 is 5.97 Å². The Bertz CT molecular complexity index is 408. The molecular weight excluding hydrogens is 230 g/mol. The van der Waals surface area contributed by atoms with Gasteiger partial charge in [0.15, 0.2) is 0 Å². The molecule has 1 aromatic carbocycles. The number of methoxy groups -OCH3 is 1. The summed E-state index contributed by atoms with van der Waals surface area (Å²) < 4.78 is 5.09. The highest BCUT2D eigenvalue weighted by molar-refractivity contribution is 5.83. The molecule has 0 spiro atoms. The first-order chi connectivity index (χ1) is 8.66. The third-order valence-electron chi connectivity index (χ3n) is 3.59. The van der Waals surface area contributed by atoms with Gasteiger partial charge in [-0.2, -0.15) is 0 Å². The maximum Gasteiger partial charge on any atom is 0.329 e. The fourth-order valence-corrected chi connectivity index (χ4v) is 2.50. The summed E-state index contributed by atoms with van der Waals surface area (Å²) in [6.07, 6.45) is 4.44. The Morgan fingerprint density at radius 3 is 2.33 bits per heavy atom. The zero-order valence-corrected chi connectivity index (χ0v) is 10.6. The molecule has 0 atom stereocenters. The van der Waals surface area contributed by atoms with Crippen molar-refractivity contribution in [2.45, 2.75) is 37.6 Å². The second-order valence-electron chi connectivity index (χ2n) is 4.80. The highest BCUT2D eigenvalue weighted by atomic mass is 16.5. The molecular formula is C14H19NO3. The van der Waals surface area contributed by atoms with E-state index in [0.29, 0.717) is 12.8 Å². The van der Waals surface area contributed by atoms with Gasteiger partial charge in [-0.15, -0.1) is 0 Å². The molecule has 0 aliphatic heterocycles. The van der Waals surface area contributed by atoms with E-state index < -0.39 is 11.5 Å². The molecule has 98 valence electrons. The van der Waals surface area contributed by atoms with Crippen molar-refractivity contribution < 1.29 is 14.6 Å². The maximum absolute atomic E-state index is 11.5. The van der Waals surface area contributed by atoms with E-state index in [0.717, 1.165) is 30.7 Å².